The first-order valence-corrected chi connectivity index (χ1v) is 14.1. The van der Waals surface area contributed by atoms with E-state index in [4.69, 9.17) is 14.2 Å². The van der Waals surface area contributed by atoms with Crippen LogP contribution in [0.3, 0.4) is 0 Å². The molecule has 0 radical (unpaired) electrons. The number of aldehydes is 1. The summed E-state index contributed by atoms with van der Waals surface area (Å²) in [5, 5.41) is 4.42. The maximum absolute atomic E-state index is 11.1. The van der Waals surface area contributed by atoms with Crippen molar-refractivity contribution in [2.24, 2.45) is 0 Å². The van der Waals surface area contributed by atoms with Gasteiger partial charge in [0.25, 0.3) is 0 Å². The lowest BCUT2D eigenvalue weighted by molar-refractivity contribution is 0.112. The molecule has 0 aliphatic carbocycles. The van der Waals surface area contributed by atoms with Gasteiger partial charge in [0.2, 0.25) is 6.79 Å². The Bertz CT molecular complexity index is 2030. The molecule has 0 unspecified atom stereocenters. The molecule has 43 heavy (non-hydrogen) atoms. The quantitative estimate of drug-likeness (QED) is 0.150. The Kier molecular flexibility index (Phi) is 6.94. The number of ether oxygens (including phenoxy) is 3. The van der Waals surface area contributed by atoms with Crippen LogP contribution in [-0.4, -0.2) is 20.2 Å². The molecule has 0 saturated heterocycles. The lowest BCUT2D eigenvalue weighted by Crippen LogP contribution is -2.05. The molecule has 4 heteroatoms. The van der Waals surface area contributed by atoms with Crippen LogP contribution in [0.15, 0.2) is 109 Å². The summed E-state index contributed by atoms with van der Waals surface area (Å²) in [5.41, 5.74) is 6.66. The second-order valence-electron chi connectivity index (χ2n) is 10.4. The summed E-state index contributed by atoms with van der Waals surface area (Å²) in [6.07, 6.45) is 9.16. The summed E-state index contributed by atoms with van der Waals surface area (Å²) in [4.78, 5) is 11.1. The molecular weight excluding hydrogens is 532 g/mol. The van der Waals surface area contributed by atoms with Crippen LogP contribution in [0.5, 0.6) is 17.2 Å². The highest BCUT2D eigenvalue weighted by molar-refractivity contribution is 6.12. The number of hydrogen-bond donors (Lipinski definition) is 0. The molecule has 7 rings (SSSR count). The maximum atomic E-state index is 11.1. The molecule has 1 heterocycles. The lowest BCUT2D eigenvalue weighted by atomic mass is 9.88. The number of rotatable bonds is 6. The standard InChI is InChI=1S/C39H28O4/c1-41-33-20-16-27(17-21-33)15-19-32-23-30-7-3-5-9-35(30)37-36-34-8-4-2-6-29(34)22-31(38(36)42-25-43-39(32)37)18-14-26-10-12-28(24-40)13-11-26/h2-24H,25H2,1H3/b18-14+,19-15+. The van der Waals surface area contributed by atoms with E-state index in [2.05, 4.69) is 78.9 Å². The van der Waals surface area contributed by atoms with Gasteiger partial charge in [0.1, 0.15) is 23.5 Å². The van der Waals surface area contributed by atoms with Gasteiger partial charge in [-0.25, -0.2) is 0 Å². The first-order chi connectivity index (χ1) is 21.2. The monoisotopic (exact) mass is 560 g/mol. The minimum Gasteiger partial charge on any atom is -0.497 e. The topological polar surface area (TPSA) is 44.8 Å². The highest BCUT2D eigenvalue weighted by atomic mass is 16.7. The minimum absolute atomic E-state index is 0.0783. The number of hydrogen-bond acceptors (Lipinski definition) is 4. The zero-order valence-corrected chi connectivity index (χ0v) is 23.6. The first-order valence-electron chi connectivity index (χ1n) is 14.1. The van der Waals surface area contributed by atoms with Gasteiger partial charge in [0, 0.05) is 27.8 Å². The Morgan fingerprint density at radius 1 is 0.581 bits per heavy atom. The fourth-order valence-electron chi connectivity index (χ4n) is 5.68. The molecule has 1 aliphatic rings. The molecule has 1 aliphatic heterocycles. The number of carbonyl (C=O) groups is 1. The predicted molar refractivity (Wildman–Crippen MR) is 176 cm³/mol. The molecule has 4 nitrogen and oxygen atoms in total. The summed E-state index contributed by atoms with van der Waals surface area (Å²) in [7, 11) is 1.67. The summed E-state index contributed by atoms with van der Waals surface area (Å²) in [6.45, 7) is 0.0783. The molecule has 6 aromatic rings. The summed E-state index contributed by atoms with van der Waals surface area (Å²) in [5.74, 6) is 2.39. The van der Waals surface area contributed by atoms with Crippen molar-refractivity contribution in [3.8, 4) is 28.4 Å². The average molecular weight is 561 g/mol. The fraction of sp³-hybridized carbons (Fsp3) is 0.0513. The van der Waals surface area contributed by atoms with Gasteiger partial charge in [0.05, 0.1) is 7.11 Å². The molecule has 0 amide bonds. The smallest absolute Gasteiger partial charge is 0.231 e. The van der Waals surface area contributed by atoms with Gasteiger partial charge in [-0.2, -0.15) is 0 Å². The van der Waals surface area contributed by atoms with E-state index in [1.165, 1.54) is 0 Å². The number of fused-ring (bicyclic) bond motifs is 7. The second kappa shape index (κ2) is 11.3. The summed E-state index contributed by atoms with van der Waals surface area (Å²) in [6, 6.07) is 36.6. The van der Waals surface area contributed by atoms with Gasteiger partial charge in [0.15, 0.2) is 0 Å². The Morgan fingerprint density at radius 2 is 1.05 bits per heavy atom. The van der Waals surface area contributed by atoms with Crippen LogP contribution in [0, 0.1) is 0 Å². The largest absolute Gasteiger partial charge is 0.497 e. The zero-order chi connectivity index (χ0) is 29.2. The van der Waals surface area contributed by atoms with E-state index in [9.17, 15) is 4.79 Å². The Balaban J connectivity index is 1.44. The third-order valence-electron chi connectivity index (χ3n) is 7.82. The van der Waals surface area contributed by atoms with E-state index in [0.29, 0.717) is 5.56 Å². The summed E-state index contributed by atoms with van der Waals surface area (Å²) >= 11 is 0. The van der Waals surface area contributed by atoms with E-state index < -0.39 is 0 Å². The Labute approximate surface area is 250 Å². The van der Waals surface area contributed by atoms with Crippen molar-refractivity contribution in [2.45, 2.75) is 0 Å². The van der Waals surface area contributed by atoms with Crippen molar-refractivity contribution < 1.29 is 19.0 Å². The summed E-state index contributed by atoms with van der Waals surface area (Å²) < 4.78 is 18.2. The highest BCUT2D eigenvalue weighted by Gasteiger charge is 2.25. The van der Waals surface area contributed by atoms with Gasteiger partial charge in [-0.3, -0.25) is 4.79 Å². The van der Waals surface area contributed by atoms with Crippen LogP contribution >= 0.6 is 0 Å². The Morgan fingerprint density at radius 3 is 1.53 bits per heavy atom. The van der Waals surface area contributed by atoms with Crippen molar-refractivity contribution in [1.82, 2.24) is 0 Å². The van der Waals surface area contributed by atoms with Crippen molar-refractivity contribution in [3.63, 3.8) is 0 Å². The van der Waals surface area contributed by atoms with Gasteiger partial charge in [-0.05, 0) is 56.9 Å². The molecule has 0 saturated carbocycles. The lowest BCUT2D eigenvalue weighted by Gasteiger charge is -2.17. The van der Waals surface area contributed by atoms with Crippen LogP contribution in [0.2, 0.25) is 0 Å². The Hall–Kier alpha value is -5.61. The molecule has 6 aromatic carbocycles. The van der Waals surface area contributed by atoms with E-state index in [1.807, 2.05) is 54.6 Å². The van der Waals surface area contributed by atoms with Gasteiger partial charge < -0.3 is 14.2 Å². The number of methoxy groups -OCH3 is 1. The van der Waals surface area contributed by atoms with Crippen LogP contribution in [0.1, 0.15) is 32.6 Å². The van der Waals surface area contributed by atoms with E-state index in [0.717, 1.165) is 78.5 Å². The molecular formula is C39H28O4. The van der Waals surface area contributed by atoms with Crippen molar-refractivity contribution in [3.05, 3.63) is 137 Å². The van der Waals surface area contributed by atoms with Gasteiger partial charge >= 0.3 is 0 Å². The second-order valence-corrected chi connectivity index (χ2v) is 10.4. The van der Waals surface area contributed by atoms with E-state index in [1.54, 1.807) is 7.11 Å². The van der Waals surface area contributed by atoms with Crippen LogP contribution < -0.4 is 14.2 Å². The number of benzene rings is 6. The van der Waals surface area contributed by atoms with E-state index in [-0.39, 0.29) is 6.79 Å². The average Bonchev–Trinajstić information content (AvgIpc) is 3.28. The SMILES string of the molecule is COc1ccc(/C=C/c2cc3ccccc3c3c2OCOc2c(/C=C/c4ccc(C=O)cc4)cc4ccccc4c2-3)cc1. The van der Waals surface area contributed by atoms with Crippen LogP contribution in [-0.2, 0) is 0 Å². The van der Waals surface area contributed by atoms with Crippen molar-refractivity contribution in [2.75, 3.05) is 13.9 Å². The molecule has 0 aromatic heterocycles. The molecule has 0 bridgehead atoms. The van der Waals surface area contributed by atoms with Crippen LogP contribution in [0.25, 0.3) is 57.0 Å². The maximum Gasteiger partial charge on any atom is 0.231 e. The zero-order valence-electron chi connectivity index (χ0n) is 23.6. The highest BCUT2D eigenvalue weighted by Crippen LogP contribution is 2.50. The normalized spacial score (nSPS) is 12.5. The minimum atomic E-state index is 0.0783. The molecule has 208 valence electrons. The van der Waals surface area contributed by atoms with Crippen molar-refractivity contribution >= 4 is 52.1 Å². The molecule has 0 fully saturated rings. The molecule has 0 spiro atoms. The first kappa shape index (κ1) is 26.3. The third kappa shape index (κ3) is 5.04. The predicted octanol–water partition coefficient (Wildman–Crippen LogP) is 9.55. The molecule has 0 atom stereocenters. The van der Waals surface area contributed by atoms with Gasteiger partial charge in [-0.1, -0.05) is 109 Å². The fourth-order valence-corrected chi connectivity index (χ4v) is 5.68. The van der Waals surface area contributed by atoms with Crippen molar-refractivity contribution in [1.29, 1.82) is 0 Å². The van der Waals surface area contributed by atoms with E-state index >= 15 is 0 Å². The molecule has 0 N–H and O–H groups in total. The third-order valence-corrected chi connectivity index (χ3v) is 7.82. The van der Waals surface area contributed by atoms with Gasteiger partial charge in [-0.15, -0.1) is 0 Å². The van der Waals surface area contributed by atoms with Crippen LogP contribution in [0.4, 0.5) is 0 Å². The number of carbonyl (C=O) groups excluding carboxylic acids is 1.